The summed E-state index contributed by atoms with van der Waals surface area (Å²) >= 11 is 1.50. The fourth-order valence-corrected chi connectivity index (χ4v) is 3.43. The number of carbonyl (C=O) groups is 1. The van der Waals surface area contributed by atoms with E-state index in [2.05, 4.69) is 10.3 Å². The molecule has 118 valence electrons. The van der Waals surface area contributed by atoms with Crippen LogP contribution in [0.25, 0.3) is 10.2 Å². The third-order valence-corrected chi connectivity index (χ3v) is 5.00. The van der Waals surface area contributed by atoms with E-state index in [-0.39, 0.29) is 18.0 Å². The van der Waals surface area contributed by atoms with Gasteiger partial charge in [0.1, 0.15) is 11.4 Å². The molecule has 1 amide bonds. The number of aromatic nitrogens is 2. The standard InChI is InChI=1S/C17H17N3O2S/c1-10-6-4-5-7-13(10)19-14(21)8-20-9-18-16-15(17(20)22)11(2)12(3)23-16/h4-7,9H,8H2,1-3H3,(H,19,21). The Morgan fingerprint density at radius 2 is 2.00 bits per heavy atom. The second kappa shape index (κ2) is 5.96. The minimum absolute atomic E-state index is 0.0511. The largest absolute Gasteiger partial charge is 0.324 e. The van der Waals surface area contributed by atoms with Gasteiger partial charge in [0.2, 0.25) is 5.91 Å². The Hall–Kier alpha value is -2.47. The SMILES string of the molecule is Cc1ccccc1NC(=O)Cn1cnc2sc(C)c(C)c2c1=O. The van der Waals surface area contributed by atoms with Crippen molar-refractivity contribution in [3.8, 4) is 0 Å². The summed E-state index contributed by atoms with van der Waals surface area (Å²) in [6.45, 7) is 5.75. The van der Waals surface area contributed by atoms with E-state index in [0.29, 0.717) is 5.39 Å². The number of anilines is 1. The Kier molecular flexibility index (Phi) is 4.00. The van der Waals surface area contributed by atoms with E-state index in [9.17, 15) is 9.59 Å². The third-order valence-electron chi connectivity index (χ3n) is 3.89. The number of amides is 1. The van der Waals surface area contributed by atoms with Gasteiger partial charge in [-0.1, -0.05) is 18.2 Å². The number of para-hydroxylation sites is 1. The number of aryl methyl sites for hydroxylation is 3. The maximum Gasteiger partial charge on any atom is 0.262 e. The van der Waals surface area contributed by atoms with Gasteiger partial charge in [-0.25, -0.2) is 4.98 Å². The zero-order valence-corrected chi connectivity index (χ0v) is 14.0. The van der Waals surface area contributed by atoms with Crippen molar-refractivity contribution in [3.05, 3.63) is 57.0 Å². The first-order chi connectivity index (χ1) is 11.0. The molecule has 5 nitrogen and oxygen atoms in total. The highest BCUT2D eigenvalue weighted by atomic mass is 32.1. The lowest BCUT2D eigenvalue weighted by Crippen LogP contribution is -2.28. The average molecular weight is 327 g/mol. The van der Waals surface area contributed by atoms with E-state index >= 15 is 0 Å². The second-order valence-corrected chi connectivity index (χ2v) is 6.71. The van der Waals surface area contributed by atoms with Crippen molar-refractivity contribution in [3.63, 3.8) is 0 Å². The van der Waals surface area contributed by atoms with Crippen molar-refractivity contribution in [2.75, 3.05) is 5.32 Å². The van der Waals surface area contributed by atoms with Gasteiger partial charge in [0.15, 0.2) is 0 Å². The number of fused-ring (bicyclic) bond motifs is 1. The van der Waals surface area contributed by atoms with Crippen molar-refractivity contribution >= 4 is 33.1 Å². The molecule has 2 heterocycles. The van der Waals surface area contributed by atoms with Gasteiger partial charge in [-0.15, -0.1) is 11.3 Å². The maximum atomic E-state index is 12.6. The minimum Gasteiger partial charge on any atom is -0.324 e. The van der Waals surface area contributed by atoms with Crippen LogP contribution in [-0.4, -0.2) is 15.5 Å². The normalized spacial score (nSPS) is 10.9. The number of carbonyl (C=O) groups excluding carboxylic acids is 1. The lowest BCUT2D eigenvalue weighted by molar-refractivity contribution is -0.116. The van der Waals surface area contributed by atoms with Crippen molar-refractivity contribution in [1.82, 2.24) is 9.55 Å². The van der Waals surface area contributed by atoms with E-state index in [4.69, 9.17) is 0 Å². The predicted octanol–water partition coefficient (Wildman–Crippen LogP) is 3.02. The first kappa shape index (κ1) is 15.4. The van der Waals surface area contributed by atoms with Gasteiger partial charge in [0.25, 0.3) is 5.56 Å². The van der Waals surface area contributed by atoms with E-state index in [1.165, 1.54) is 22.2 Å². The lowest BCUT2D eigenvalue weighted by Gasteiger charge is -2.09. The summed E-state index contributed by atoms with van der Waals surface area (Å²) in [5.41, 5.74) is 2.50. The number of rotatable bonds is 3. The van der Waals surface area contributed by atoms with Crippen LogP contribution in [-0.2, 0) is 11.3 Å². The summed E-state index contributed by atoms with van der Waals surface area (Å²) in [7, 11) is 0. The molecule has 6 heteroatoms. The van der Waals surface area contributed by atoms with Gasteiger partial charge in [-0.05, 0) is 38.0 Å². The number of benzene rings is 1. The number of hydrogen-bond acceptors (Lipinski definition) is 4. The maximum absolute atomic E-state index is 12.6. The zero-order valence-electron chi connectivity index (χ0n) is 13.2. The highest BCUT2D eigenvalue weighted by molar-refractivity contribution is 7.18. The smallest absolute Gasteiger partial charge is 0.262 e. The monoisotopic (exact) mass is 327 g/mol. The molecular weight excluding hydrogens is 310 g/mol. The van der Waals surface area contributed by atoms with E-state index in [0.717, 1.165) is 26.5 Å². The average Bonchev–Trinajstić information content (AvgIpc) is 2.80. The van der Waals surface area contributed by atoms with Crippen LogP contribution in [0.4, 0.5) is 5.69 Å². The summed E-state index contributed by atoms with van der Waals surface area (Å²) in [6.07, 6.45) is 1.44. The molecule has 3 aromatic rings. The van der Waals surface area contributed by atoms with E-state index < -0.39 is 0 Å². The molecule has 0 radical (unpaired) electrons. The number of nitrogens with one attached hydrogen (secondary N) is 1. The van der Waals surface area contributed by atoms with Crippen LogP contribution < -0.4 is 10.9 Å². The Morgan fingerprint density at radius 3 is 2.74 bits per heavy atom. The quantitative estimate of drug-likeness (QED) is 0.804. The van der Waals surface area contributed by atoms with Gasteiger partial charge in [-0.3, -0.25) is 14.2 Å². The van der Waals surface area contributed by atoms with Gasteiger partial charge >= 0.3 is 0 Å². The third kappa shape index (κ3) is 2.90. The Balaban J connectivity index is 1.88. The molecule has 0 saturated carbocycles. The Bertz CT molecular complexity index is 956. The Labute approximate surface area is 137 Å². The second-order valence-electron chi connectivity index (χ2n) is 5.50. The molecule has 2 aromatic heterocycles. The molecule has 0 spiro atoms. The van der Waals surface area contributed by atoms with Crippen LogP contribution in [0.1, 0.15) is 16.0 Å². The van der Waals surface area contributed by atoms with Gasteiger partial charge in [0, 0.05) is 10.6 Å². The van der Waals surface area contributed by atoms with Crippen LogP contribution in [0.5, 0.6) is 0 Å². The summed E-state index contributed by atoms with van der Waals surface area (Å²) in [4.78, 5) is 30.9. The zero-order chi connectivity index (χ0) is 16.6. The first-order valence-electron chi connectivity index (χ1n) is 7.28. The molecule has 23 heavy (non-hydrogen) atoms. The molecule has 0 bridgehead atoms. The van der Waals surface area contributed by atoms with Gasteiger partial charge < -0.3 is 5.32 Å². The van der Waals surface area contributed by atoms with Crippen LogP contribution in [0.2, 0.25) is 0 Å². The fraction of sp³-hybridized carbons (Fsp3) is 0.235. The topological polar surface area (TPSA) is 64.0 Å². The predicted molar refractivity (Wildman–Crippen MR) is 93.2 cm³/mol. The van der Waals surface area contributed by atoms with Crippen molar-refractivity contribution in [2.24, 2.45) is 0 Å². The minimum atomic E-state index is -0.243. The van der Waals surface area contributed by atoms with Crippen LogP contribution in [0, 0.1) is 20.8 Å². The summed E-state index contributed by atoms with van der Waals surface area (Å²) in [5, 5.41) is 3.44. The molecular formula is C17H17N3O2S. The summed E-state index contributed by atoms with van der Waals surface area (Å²) in [5.74, 6) is -0.243. The fourth-order valence-electron chi connectivity index (χ4n) is 2.44. The van der Waals surface area contributed by atoms with Gasteiger partial charge in [0.05, 0.1) is 11.7 Å². The van der Waals surface area contributed by atoms with Gasteiger partial charge in [-0.2, -0.15) is 0 Å². The molecule has 0 unspecified atom stereocenters. The van der Waals surface area contributed by atoms with Crippen molar-refractivity contribution < 1.29 is 4.79 Å². The number of thiophene rings is 1. The first-order valence-corrected chi connectivity index (χ1v) is 8.09. The highest BCUT2D eigenvalue weighted by Gasteiger charge is 2.14. The summed E-state index contributed by atoms with van der Waals surface area (Å²) in [6, 6.07) is 7.53. The van der Waals surface area contributed by atoms with Crippen molar-refractivity contribution in [1.29, 1.82) is 0 Å². The lowest BCUT2D eigenvalue weighted by atomic mass is 10.2. The molecule has 0 saturated heterocycles. The molecule has 1 aromatic carbocycles. The van der Waals surface area contributed by atoms with Crippen LogP contribution in [0.3, 0.4) is 0 Å². The molecule has 0 fully saturated rings. The van der Waals surface area contributed by atoms with Crippen LogP contribution in [0.15, 0.2) is 35.4 Å². The van der Waals surface area contributed by atoms with E-state index in [1.54, 1.807) is 0 Å². The molecule has 0 atom stereocenters. The van der Waals surface area contributed by atoms with E-state index in [1.807, 2.05) is 45.0 Å². The molecule has 0 aliphatic rings. The number of nitrogens with zero attached hydrogens (tertiary/aromatic N) is 2. The molecule has 0 aliphatic carbocycles. The summed E-state index contributed by atoms with van der Waals surface area (Å²) < 4.78 is 1.36. The highest BCUT2D eigenvalue weighted by Crippen LogP contribution is 2.25. The molecule has 3 rings (SSSR count). The number of hydrogen-bond donors (Lipinski definition) is 1. The molecule has 1 N–H and O–H groups in total. The Morgan fingerprint density at radius 1 is 1.26 bits per heavy atom. The van der Waals surface area contributed by atoms with Crippen molar-refractivity contribution in [2.45, 2.75) is 27.3 Å². The molecule has 0 aliphatic heterocycles. The van der Waals surface area contributed by atoms with Crippen LogP contribution >= 0.6 is 11.3 Å².